The summed E-state index contributed by atoms with van der Waals surface area (Å²) in [5.74, 6) is 2.57. The van der Waals surface area contributed by atoms with Crippen LogP contribution in [0.3, 0.4) is 0 Å². The average Bonchev–Trinajstić information content (AvgIpc) is 2.88. The highest BCUT2D eigenvalue weighted by Gasteiger charge is 2.07. The Bertz CT molecular complexity index is 543. The molecule has 0 fully saturated rings. The first-order valence-corrected chi connectivity index (χ1v) is 6.54. The Hall–Kier alpha value is -1.82. The van der Waals surface area contributed by atoms with Crippen molar-refractivity contribution in [3.63, 3.8) is 0 Å². The fourth-order valence-electron chi connectivity index (χ4n) is 1.49. The molecule has 6 nitrogen and oxygen atoms in total. The number of nitrogens with one attached hydrogen (secondary N) is 2. The van der Waals surface area contributed by atoms with E-state index < -0.39 is 0 Å². The third kappa shape index (κ3) is 3.57. The average molecular weight is 282 g/mol. The molecule has 0 unspecified atom stereocenters. The molecule has 0 atom stereocenters. The molecule has 0 aliphatic heterocycles. The summed E-state index contributed by atoms with van der Waals surface area (Å²) in [6, 6.07) is 0. The van der Waals surface area contributed by atoms with Crippen molar-refractivity contribution in [2.75, 3.05) is 17.2 Å². The fraction of sp³-hybridized carbons (Fsp3) is 0.417. The number of rotatable bonds is 6. The summed E-state index contributed by atoms with van der Waals surface area (Å²) < 4.78 is 5.50. The van der Waals surface area contributed by atoms with Gasteiger partial charge in [0.05, 0.1) is 18.9 Å². The van der Waals surface area contributed by atoms with E-state index in [0.717, 1.165) is 18.7 Å². The van der Waals surface area contributed by atoms with E-state index in [-0.39, 0.29) is 0 Å². The summed E-state index contributed by atoms with van der Waals surface area (Å²) in [6.07, 6.45) is 4.11. The van der Waals surface area contributed by atoms with Crippen LogP contribution in [0, 0.1) is 0 Å². The molecule has 0 amide bonds. The van der Waals surface area contributed by atoms with E-state index >= 15 is 0 Å². The second kappa shape index (κ2) is 6.38. The van der Waals surface area contributed by atoms with Crippen molar-refractivity contribution < 1.29 is 4.42 Å². The molecule has 0 spiro atoms. The first kappa shape index (κ1) is 13.6. The third-order valence-electron chi connectivity index (χ3n) is 2.44. The van der Waals surface area contributed by atoms with E-state index in [1.165, 1.54) is 0 Å². The van der Waals surface area contributed by atoms with Crippen molar-refractivity contribution in [1.82, 2.24) is 15.0 Å². The molecule has 0 bridgehead atoms. The number of anilines is 2. The zero-order valence-corrected chi connectivity index (χ0v) is 11.7. The SMILES string of the molecule is CCNc1ncc(Cl)c(NCc2ncc(CC)o2)n1. The van der Waals surface area contributed by atoms with Crippen molar-refractivity contribution in [2.45, 2.75) is 26.8 Å². The molecule has 0 saturated carbocycles. The van der Waals surface area contributed by atoms with Crippen LogP contribution in [0.25, 0.3) is 0 Å². The van der Waals surface area contributed by atoms with E-state index in [4.69, 9.17) is 16.0 Å². The predicted octanol–water partition coefficient (Wildman–Crippen LogP) is 2.72. The van der Waals surface area contributed by atoms with Crippen LogP contribution < -0.4 is 10.6 Å². The highest BCUT2D eigenvalue weighted by atomic mass is 35.5. The van der Waals surface area contributed by atoms with Crippen molar-refractivity contribution in [1.29, 1.82) is 0 Å². The summed E-state index contributed by atoms with van der Waals surface area (Å²) in [6.45, 7) is 5.18. The van der Waals surface area contributed by atoms with Crippen molar-refractivity contribution >= 4 is 23.4 Å². The normalized spacial score (nSPS) is 10.5. The van der Waals surface area contributed by atoms with Gasteiger partial charge in [0, 0.05) is 13.0 Å². The Morgan fingerprint density at radius 3 is 2.74 bits per heavy atom. The molecule has 0 aromatic carbocycles. The molecule has 102 valence electrons. The van der Waals surface area contributed by atoms with Gasteiger partial charge in [-0.2, -0.15) is 4.98 Å². The van der Waals surface area contributed by atoms with Gasteiger partial charge in [-0.3, -0.25) is 0 Å². The maximum Gasteiger partial charge on any atom is 0.224 e. The molecular weight excluding hydrogens is 266 g/mol. The van der Waals surface area contributed by atoms with Gasteiger partial charge in [-0.05, 0) is 6.92 Å². The van der Waals surface area contributed by atoms with Crippen LogP contribution in [-0.4, -0.2) is 21.5 Å². The molecule has 0 radical (unpaired) electrons. The molecule has 2 aromatic rings. The van der Waals surface area contributed by atoms with E-state index in [2.05, 4.69) is 25.6 Å². The third-order valence-corrected chi connectivity index (χ3v) is 2.71. The first-order chi connectivity index (χ1) is 9.22. The van der Waals surface area contributed by atoms with Crippen LogP contribution in [0.4, 0.5) is 11.8 Å². The van der Waals surface area contributed by atoms with Gasteiger partial charge in [-0.15, -0.1) is 0 Å². The van der Waals surface area contributed by atoms with Crippen molar-refractivity contribution in [3.8, 4) is 0 Å². The minimum atomic E-state index is 0.433. The van der Waals surface area contributed by atoms with Crippen molar-refractivity contribution in [3.05, 3.63) is 29.1 Å². The standard InChI is InChI=1S/C12H16ClN5O/c1-3-8-5-15-10(19-8)7-16-11-9(13)6-17-12(18-11)14-4-2/h5-6H,3-4,7H2,1-2H3,(H2,14,16,17,18). The highest BCUT2D eigenvalue weighted by molar-refractivity contribution is 6.32. The van der Waals surface area contributed by atoms with Gasteiger partial charge < -0.3 is 15.1 Å². The Balaban J connectivity index is 2.03. The second-order valence-electron chi connectivity index (χ2n) is 3.85. The number of oxazole rings is 1. The molecule has 19 heavy (non-hydrogen) atoms. The Kier molecular flexibility index (Phi) is 4.57. The zero-order valence-electron chi connectivity index (χ0n) is 10.9. The maximum atomic E-state index is 6.03. The minimum absolute atomic E-state index is 0.433. The Morgan fingerprint density at radius 1 is 1.21 bits per heavy atom. The van der Waals surface area contributed by atoms with Crippen molar-refractivity contribution in [2.24, 2.45) is 0 Å². The molecule has 2 N–H and O–H groups in total. The lowest BCUT2D eigenvalue weighted by molar-refractivity contribution is 0.465. The minimum Gasteiger partial charge on any atom is -0.444 e. The lowest BCUT2D eigenvalue weighted by Crippen LogP contribution is -2.07. The Morgan fingerprint density at radius 2 is 2.05 bits per heavy atom. The van der Waals surface area contributed by atoms with Gasteiger partial charge >= 0.3 is 0 Å². The van der Waals surface area contributed by atoms with Crippen LogP contribution in [0.1, 0.15) is 25.5 Å². The van der Waals surface area contributed by atoms with Crippen LogP contribution in [0.5, 0.6) is 0 Å². The summed E-state index contributed by atoms with van der Waals surface area (Å²) in [5.41, 5.74) is 0. The number of halogens is 1. The summed E-state index contributed by atoms with van der Waals surface area (Å²) in [4.78, 5) is 12.5. The Labute approximate surface area is 116 Å². The van der Waals surface area contributed by atoms with Gasteiger partial charge in [0.15, 0.2) is 5.82 Å². The van der Waals surface area contributed by atoms with Crippen LogP contribution in [0.15, 0.2) is 16.8 Å². The van der Waals surface area contributed by atoms with Crippen LogP contribution >= 0.6 is 11.6 Å². The van der Waals surface area contributed by atoms with E-state index in [9.17, 15) is 0 Å². The zero-order chi connectivity index (χ0) is 13.7. The van der Waals surface area contributed by atoms with Crippen LogP contribution in [0.2, 0.25) is 5.02 Å². The molecule has 0 saturated heterocycles. The van der Waals surface area contributed by atoms with Gasteiger partial charge in [0.2, 0.25) is 11.8 Å². The molecule has 2 heterocycles. The number of aromatic nitrogens is 3. The quantitative estimate of drug-likeness (QED) is 0.848. The number of aryl methyl sites for hydroxylation is 1. The molecule has 2 aromatic heterocycles. The topological polar surface area (TPSA) is 75.9 Å². The molecule has 0 aliphatic carbocycles. The molecule has 7 heteroatoms. The predicted molar refractivity (Wildman–Crippen MR) is 74.4 cm³/mol. The number of nitrogens with zero attached hydrogens (tertiary/aromatic N) is 3. The number of hydrogen-bond donors (Lipinski definition) is 2. The summed E-state index contributed by atoms with van der Waals surface area (Å²) >= 11 is 6.03. The lowest BCUT2D eigenvalue weighted by Gasteiger charge is -2.07. The monoisotopic (exact) mass is 281 g/mol. The summed E-state index contributed by atoms with van der Waals surface area (Å²) in [7, 11) is 0. The van der Waals surface area contributed by atoms with Gasteiger partial charge in [-0.1, -0.05) is 18.5 Å². The maximum absolute atomic E-state index is 6.03. The second-order valence-corrected chi connectivity index (χ2v) is 4.26. The fourth-order valence-corrected chi connectivity index (χ4v) is 1.64. The summed E-state index contributed by atoms with van der Waals surface area (Å²) in [5, 5.41) is 6.57. The van der Waals surface area contributed by atoms with Gasteiger partial charge in [0.25, 0.3) is 0 Å². The highest BCUT2D eigenvalue weighted by Crippen LogP contribution is 2.20. The van der Waals surface area contributed by atoms with Gasteiger partial charge in [0.1, 0.15) is 10.8 Å². The van der Waals surface area contributed by atoms with Crippen LogP contribution in [-0.2, 0) is 13.0 Å². The molecule has 0 aliphatic rings. The first-order valence-electron chi connectivity index (χ1n) is 6.16. The number of hydrogen-bond acceptors (Lipinski definition) is 6. The van der Waals surface area contributed by atoms with E-state index in [1.807, 2.05) is 13.8 Å². The smallest absolute Gasteiger partial charge is 0.224 e. The van der Waals surface area contributed by atoms with E-state index in [1.54, 1.807) is 12.4 Å². The van der Waals surface area contributed by atoms with E-state index in [0.29, 0.717) is 29.2 Å². The molecule has 2 rings (SSSR count). The largest absolute Gasteiger partial charge is 0.444 e. The lowest BCUT2D eigenvalue weighted by atomic mass is 10.4. The molecular formula is C12H16ClN5O. The van der Waals surface area contributed by atoms with Gasteiger partial charge in [-0.25, -0.2) is 9.97 Å².